The average molecular weight is 295 g/mol. The lowest BCUT2D eigenvalue weighted by Gasteiger charge is -2.37. The third kappa shape index (κ3) is 4.71. The summed E-state index contributed by atoms with van der Waals surface area (Å²) in [6.45, 7) is 12.2. The Hall–Kier alpha value is -1.07. The van der Waals surface area contributed by atoms with Crippen LogP contribution in [0.3, 0.4) is 0 Å². The van der Waals surface area contributed by atoms with E-state index in [4.69, 9.17) is 0 Å². The van der Waals surface area contributed by atoms with E-state index in [1.54, 1.807) is 4.90 Å². The summed E-state index contributed by atoms with van der Waals surface area (Å²) >= 11 is 0. The fraction of sp³-hybridized carbons (Fsp3) is 0.812. The maximum Gasteiger partial charge on any atom is 0.317 e. The molecule has 5 heteroatoms. The lowest BCUT2D eigenvalue weighted by atomic mass is 9.96. The Morgan fingerprint density at radius 1 is 1.29 bits per heavy atom. The molecule has 120 valence electrons. The van der Waals surface area contributed by atoms with Crippen LogP contribution < -0.4 is 5.32 Å². The quantitative estimate of drug-likeness (QED) is 0.775. The van der Waals surface area contributed by atoms with E-state index in [9.17, 15) is 9.90 Å². The monoisotopic (exact) mass is 295 g/mol. The number of β-amino-alcohol motifs (C(OH)–C–C–N with tert-alkyl or cyclic N) is 1. The number of hydrogen-bond acceptors (Lipinski definition) is 3. The summed E-state index contributed by atoms with van der Waals surface area (Å²) < 4.78 is 0. The van der Waals surface area contributed by atoms with Gasteiger partial charge in [0, 0.05) is 38.8 Å². The molecule has 21 heavy (non-hydrogen) atoms. The van der Waals surface area contributed by atoms with Gasteiger partial charge in [-0.1, -0.05) is 19.1 Å². The average Bonchev–Trinajstić information content (AvgIpc) is 2.43. The molecule has 2 amide bonds. The van der Waals surface area contributed by atoms with Crippen LogP contribution in [0.1, 0.15) is 33.1 Å². The van der Waals surface area contributed by atoms with Crippen molar-refractivity contribution >= 4 is 6.03 Å². The predicted molar refractivity (Wildman–Crippen MR) is 84.2 cm³/mol. The van der Waals surface area contributed by atoms with Gasteiger partial charge in [-0.3, -0.25) is 4.90 Å². The van der Waals surface area contributed by atoms with E-state index < -0.39 is 0 Å². The third-order valence-corrected chi connectivity index (χ3v) is 4.61. The summed E-state index contributed by atoms with van der Waals surface area (Å²) in [5, 5.41) is 13.0. The van der Waals surface area contributed by atoms with Gasteiger partial charge in [0.15, 0.2) is 0 Å². The van der Waals surface area contributed by atoms with E-state index in [0.29, 0.717) is 12.5 Å². The minimum atomic E-state index is -0.387. The molecule has 5 nitrogen and oxygen atoms in total. The molecule has 2 aliphatic rings. The predicted octanol–water partition coefficient (Wildman–Crippen LogP) is 1.44. The van der Waals surface area contributed by atoms with Crippen molar-refractivity contribution in [2.75, 3.05) is 32.7 Å². The molecule has 2 unspecified atom stereocenters. The number of aliphatic hydroxyl groups is 1. The van der Waals surface area contributed by atoms with Crippen LogP contribution in [-0.4, -0.2) is 65.8 Å². The molecule has 2 saturated heterocycles. The highest BCUT2D eigenvalue weighted by Gasteiger charge is 2.29. The van der Waals surface area contributed by atoms with Crippen molar-refractivity contribution in [2.24, 2.45) is 5.92 Å². The molecule has 0 aromatic rings. The Bertz CT molecular complexity index is 378. The number of carbonyl (C=O) groups is 1. The molecule has 0 spiro atoms. The van der Waals surface area contributed by atoms with Gasteiger partial charge in [0.2, 0.25) is 0 Å². The first-order chi connectivity index (χ1) is 9.95. The molecular formula is C16H29N3O2. The van der Waals surface area contributed by atoms with Crippen LogP contribution in [0.15, 0.2) is 12.2 Å². The molecule has 2 aliphatic heterocycles. The van der Waals surface area contributed by atoms with Crippen molar-refractivity contribution in [3.63, 3.8) is 0 Å². The zero-order valence-corrected chi connectivity index (χ0v) is 13.3. The highest BCUT2D eigenvalue weighted by atomic mass is 16.3. The summed E-state index contributed by atoms with van der Waals surface area (Å²) in [7, 11) is 0. The Morgan fingerprint density at radius 3 is 2.52 bits per heavy atom. The van der Waals surface area contributed by atoms with E-state index in [0.717, 1.165) is 45.4 Å². The van der Waals surface area contributed by atoms with Gasteiger partial charge in [-0.15, -0.1) is 0 Å². The Kier molecular flexibility index (Phi) is 5.65. The number of likely N-dealkylation sites (tertiary alicyclic amines) is 2. The van der Waals surface area contributed by atoms with Crippen molar-refractivity contribution in [3.05, 3.63) is 12.2 Å². The zero-order valence-electron chi connectivity index (χ0n) is 13.3. The van der Waals surface area contributed by atoms with Gasteiger partial charge in [-0.25, -0.2) is 4.79 Å². The topological polar surface area (TPSA) is 55.8 Å². The highest BCUT2D eigenvalue weighted by Crippen LogP contribution is 2.18. The number of amides is 2. The lowest BCUT2D eigenvalue weighted by Crippen LogP contribution is -2.53. The van der Waals surface area contributed by atoms with E-state index in [2.05, 4.69) is 23.7 Å². The van der Waals surface area contributed by atoms with Crippen LogP contribution in [0.25, 0.3) is 0 Å². The smallest absolute Gasteiger partial charge is 0.317 e. The number of rotatable bonds is 3. The first kappa shape index (κ1) is 16.3. The van der Waals surface area contributed by atoms with Crippen molar-refractivity contribution in [2.45, 2.75) is 45.3 Å². The normalized spacial score (nSPS) is 28.4. The van der Waals surface area contributed by atoms with E-state index in [1.165, 1.54) is 5.57 Å². The number of nitrogens with one attached hydrogen (secondary N) is 1. The molecule has 2 N–H and O–H groups in total. The number of piperidine rings is 2. The van der Waals surface area contributed by atoms with Crippen LogP contribution in [0, 0.1) is 5.92 Å². The Balaban J connectivity index is 1.73. The van der Waals surface area contributed by atoms with Crippen LogP contribution in [-0.2, 0) is 0 Å². The molecule has 0 radical (unpaired) electrons. The zero-order chi connectivity index (χ0) is 15.4. The maximum atomic E-state index is 12.3. The summed E-state index contributed by atoms with van der Waals surface area (Å²) in [6, 6.07) is 0.245. The second-order valence-electron chi connectivity index (χ2n) is 6.74. The number of aliphatic hydroxyl groups excluding tert-OH is 1. The SMILES string of the molecule is C=C(C)CN1CCC(NC(=O)N2CCC(C)C(O)C2)CC1. The highest BCUT2D eigenvalue weighted by molar-refractivity contribution is 5.74. The summed E-state index contributed by atoms with van der Waals surface area (Å²) in [6.07, 6.45) is 2.48. The molecular weight excluding hydrogens is 266 g/mol. The van der Waals surface area contributed by atoms with E-state index in [1.807, 2.05) is 6.92 Å². The minimum Gasteiger partial charge on any atom is -0.391 e. The number of urea groups is 1. The fourth-order valence-corrected chi connectivity index (χ4v) is 3.12. The third-order valence-electron chi connectivity index (χ3n) is 4.61. The van der Waals surface area contributed by atoms with Crippen LogP contribution in [0.4, 0.5) is 4.79 Å². The Labute approximate surface area is 128 Å². The van der Waals surface area contributed by atoms with Gasteiger partial charge < -0.3 is 15.3 Å². The maximum absolute atomic E-state index is 12.3. The first-order valence-electron chi connectivity index (χ1n) is 8.06. The molecule has 0 saturated carbocycles. The van der Waals surface area contributed by atoms with Crippen LogP contribution >= 0.6 is 0 Å². The molecule has 0 bridgehead atoms. The molecule has 2 heterocycles. The van der Waals surface area contributed by atoms with Gasteiger partial charge in [-0.05, 0) is 32.1 Å². The molecule has 2 fully saturated rings. The van der Waals surface area contributed by atoms with Gasteiger partial charge >= 0.3 is 6.03 Å². The molecule has 2 rings (SSSR count). The Morgan fingerprint density at radius 2 is 1.95 bits per heavy atom. The fourth-order valence-electron chi connectivity index (χ4n) is 3.12. The standard InChI is InChI=1S/C16H29N3O2/c1-12(2)10-18-7-5-14(6-8-18)17-16(21)19-9-4-13(3)15(20)11-19/h13-15,20H,1,4-11H2,2-3H3,(H,17,21). The summed E-state index contributed by atoms with van der Waals surface area (Å²) in [5.41, 5.74) is 1.19. The van der Waals surface area contributed by atoms with Crippen LogP contribution in [0.2, 0.25) is 0 Å². The van der Waals surface area contributed by atoms with Crippen molar-refractivity contribution in [1.29, 1.82) is 0 Å². The van der Waals surface area contributed by atoms with E-state index >= 15 is 0 Å². The largest absolute Gasteiger partial charge is 0.391 e. The number of nitrogens with zero attached hydrogens (tertiary/aromatic N) is 2. The summed E-state index contributed by atoms with van der Waals surface area (Å²) in [5.74, 6) is 0.291. The molecule has 0 aliphatic carbocycles. The number of hydrogen-bond donors (Lipinski definition) is 2. The molecule has 2 atom stereocenters. The second-order valence-corrected chi connectivity index (χ2v) is 6.74. The summed E-state index contributed by atoms with van der Waals surface area (Å²) in [4.78, 5) is 16.4. The molecule has 0 aromatic carbocycles. The second kappa shape index (κ2) is 7.27. The van der Waals surface area contributed by atoms with Crippen molar-refractivity contribution < 1.29 is 9.90 Å². The van der Waals surface area contributed by atoms with E-state index in [-0.39, 0.29) is 18.2 Å². The van der Waals surface area contributed by atoms with Crippen LogP contribution in [0.5, 0.6) is 0 Å². The lowest BCUT2D eigenvalue weighted by molar-refractivity contribution is 0.0424. The van der Waals surface area contributed by atoms with Gasteiger partial charge in [-0.2, -0.15) is 0 Å². The van der Waals surface area contributed by atoms with Crippen molar-refractivity contribution in [1.82, 2.24) is 15.1 Å². The minimum absolute atomic E-state index is 0.0145. The molecule has 0 aromatic heterocycles. The van der Waals surface area contributed by atoms with Gasteiger partial charge in [0.1, 0.15) is 0 Å². The number of carbonyl (C=O) groups excluding carboxylic acids is 1. The van der Waals surface area contributed by atoms with Gasteiger partial charge in [0.25, 0.3) is 0 Å². The van der Waals surface area contributed by atoms with Gasteiger partial charge in [0.05, 0.1) is 6.10 Å². The first-order valence-corrected chi connectivity index (χ1v) is 8.06. The van der Waals surface area contributed by atoms with Crippen molar-refractivity contribution in [3.8, 4) is 0 Å².